The molecule has 0 bridgehead atoms. The van der Waals surface area contributed by atoms with E-state index in [2.05, 4.69) is 28.7 Å². The predicted molar refractivity (Wildman–Crippen MR) is 67.5 cm³/mol. The molecule has 4 nitrogen and oxygen atoms in total. The van der Waals surface area contributed by atoms with Crippen molar-refractivity contribution >= 4 is 11.8 Å². The smallest absolute Gasteiger partial charge is 0.0964 e. The Morgan fingerprint density at radius 3 is 3.19 bits per heavy atom. The minimum absolute atomic E-state index is 0.859. The zero-order valence-electron chi connectivity index (χ0n) is 9.85. The number of rotatable bonds is 8. The molecule has 0 aliphatic heterocycles. The van der Waals surface area contributed by atoms with Gasteiger partial charge < -0.3 is 5.32 Å². The van der Waals surface area contributed by atoms with Crippen LogP contribution in [-0.2, 0) is 13.1 Å². The third kappa shape index (κ3) is 4.14. The average Bonchev–Trinajstić information content (AvgIpc) is 2.99. The first-order valence-electron chi connectivity index (χ1n) is 6.06. The molecule has 1 fully saturated rings. The normalized spacial score (nSPS) is 15.6. The SMILES string of the molecule is CCSCCn1cc(CNCC2CC2)nn1. The quantitative estimate of drug-likeness (QED) is 0.700. The molecule has 90 valence electrons. The van der Waals surface area contributed by atoms with Gasteiger partial charge in [0.15, 0.2) is 0 Å². The highest BCUT2D eigenvalue weighted by Crippen LogP contribution is 2.27. The Morgan fingerprint density at radius 2 is 2.44 bits per heavy atom. The summed E-state index contributed by atoms with van der Waals surface area (Å²) in [5.74, 6) is 3.22. The summed E-state index contributed by atoms with van der Waals surface area (Å²) in [4.78, 5) is 0. The maximum atomic E-state index is 4.15. The van der Waals surface area contributed by atoms with Gasteiger partial charge in [-0.25, -0.2) is 0 Å². The number of thioether (sulfide) groups is 1. The third-order valence-corrected chi connectivity index (χ3v) is 3.57. The summed E-state index contributed by atoms with van der Waals surface area (Å²) in [7, 11) is 0. The van der Waals surface area contributed by atoms with Crippen molar-refractivity contribution < 1.29 is 0 Å². The first-order valence-corrected chi connectivity index (χ1v) is 7.21. The second-order valence-corrected chi connectivity index (χ2v) is 5.64. The van der Waals surface area contributed by atoms with Crippen LogP contribution in [0, 0.1) is 5.92 Å². The average molecular weight is 240 g/mol. The number of nitrogens with one attached hydrogen (secondary N) is 1. The van der Waals surface area contributed by atoms with Gasteiger partial charge >= 0.3 is 0 Å². The number of aryl methyl sites for hydroxylation is 1. The summed E-state index contributed by atoms with van der Waals surface area (Å²) in [6.45, 7) is 5.14. The summed E-state index contributed by atoms with van der Waals surface area (Å²) < 4.78 is 1.94. The van der Waals surface area contributed by atoms with Crippen LogP contribution in [0.5, 0.6) is 0 Å². The van der Waals surface area contributed by atoms with Crippen LogP contribution in [0.2, 0.25) is 0 Å². The maximum absolute atomic E-state index is 4.15. The maximum Gasteiger partial charge on any atom is 0.0964 e. The molecule has 0 amide bonds. The molecule has 2 rings (SSSR count). The molecule has 0 aromatic carbocycles. The van der Waals surface area contributed by atoms with E-state index < -0.39 is 0 Å². The van der Waals surface area contributed by atoms with Crippen LogP contribution in [0.4, 0.5) is 0 Å². The minimum Gasteiger partial charge on any atom is -0.311 e. The monoisotopic (exact) mass is 240 g/mol. The van der Waals surface area contributed by atoms with Crippen molar-refractivity contribution in [3.8, 4) is 0 Å². The number of hydrogen-bond donors (Lipinski definition) is 1. The molecular weight excluding hydrogens is 220 g/mol. The fourth-order valence-corrected chi connectivity index (χ4v) is 2.16. The predicted octanol–water partition coefficient (Wildman–Crippen LogP) is 1.53. The summed E-state index contributed by atoms with van der Waals surface area (Å²) in [6.07, 6.45) is 4.85. The first kappa shape index (κ1) is 11.9. The summed E-state index contributed by atoms with van der Waals surface area (Å²) >= 11 is 1.94. The Hall–Kier alpha value is -0.550. The van der Waals surface area contributed by atoms with Gasteiger partial charge in [-0.15, -0.1) is 5.10 Å². The van der Waals surface area contributed by atoms with Crippen molar-refractivity contribution in [2.75, 3.05) is 18.1 Å². The highest BCUT2D eigenvalue weighted by molar-refractivity contribution is 7.99. The molecule has 1 heterocycles. The van der Waals surface area contributed by atoms with Crippen LogP contribution in [0.3, 0.4) is 0 Å². The molecule has 16 heavy (non-hydrogen) atoms. The van der Waals surface area contributed by atoms with Gasteiger partial charge in [0.05, 0.1) is 12.2 Å². The Bertz CT molecular complexity index is 309. The van der Waals surface area contributed by atoms with Gasteiger partial charge in [-0.1, -0.05) is 12.1 Å². The molecule has 1 aliphatic carbocycles. The Balaban J connectivity index is 1.64. The zero-order valence-corrected chi connectivity index (χ0v) is 10.7. The molecule has 1 aromatic rings. The van der Waals surface area contributed by atoms with Crippen LogP contribution in [0.15, 0.2) is 6.20 Å². The Kier molecular flexibility index (Phi) is 4.66. The first-order chi connectivity index (χ1) is 7.88. The largest absolute Gasteiger partial charge is 0.311 e. The van der Waals surface area contributed by atoms with Crippen molar-refractivity contribution in [2.24, 2.45) is 5.92 Å². The van der Waals surface area contributed by atoms with E-state index in [1.54, 1.807) is 0 Å². The fraction of sp³-hybridized carbons (Fsp3) is 0.818. The van der Waals surface area contributed by atoms with Crippen LogP contribution in [0.1, 0.15) is 25.5 Å². The van der Waals surface area contributed by atoms with Gasteiger partial charge in [0, 0.05) is 18.5 Å². The Morgan fingerprint density at radius 1 is 1.56 bits per heavy atom. The molecule has 1 saturated carbocycles. The van der Waals surface area contributed by atoms with E-state index >= 15 is 0 Å². The van der Waals surface area contributed by atoms with Gasteiger partial charge in [0.25, 0.3) is 0 Å². The molecule has 0 radical (unpaired) electrons. The highest BCUT2D eigenvalue weighted by Gasteiger charge is 2.20. The number of aromatic nitrogens is 3. The molecular formula is C11H20N4S. The van der Waals surface area contributed by atoms with E-state index in [0.29, 0.717) is 0 Å². The lowest BCUT2D eigenvalue weighted by Crippen LogP contribution is -2.16. The molecule has 0 spiro atoms. The van der Waals surface area contributed by atoms with Crippen LogP contribution < -0.4 is 5.32 Å². The van der Waals surface area contributed by atoms with Crippen molar-refractivity contribution in [3.05, 3.63) is 11.9 Å². The summed E-state index contributed by atoms with van der Waals surface area (Å²) in [6, 6.07) is 0. The van der Waals surface area contributed by atoms with Gasteiger partial charge in [-0.05, 0) is 31.1 Å². The lowest BCUT2D eigenvalue weighted by Gasteiger charge is -1.99. The standard InChI is InChI=1S/C11H20N4S/c1-2-16-6-5-15-9-11(13-14-15)8-12-7-10-3-4-10/h9-10,12H,2-8H2,1H3. The highest BCUT2D eigenvalue weighted by atomic mass is 32.2. The lowest BCUT2D eigenvalue weighted by molar-refractivity contribution is 0.623. The topological polar surface area (TPSA) is 42.7 Å². The van der Waals surface area contributed by atoms with Crippen LogP contribution >= 0.6 is 11.8 Å². The van der Waals surface area contributed by atoms with Crippen molar-refractivity contribution in [3.63, 3.8) is 0 Å². The molecule has 1 aliphatic rings. The van der Waals surface area contributed by atoms with E-state index in [0.717, 1.165) is 37.0 Å². The zero-order chi connectivity index (χ0) is 11.2. The molecule has 0 saturated heterocycles. The van der Waals surface area contributed by atoms with Crippen molar-refractivity contribution in [1.82, 2.24) is 20.3 Å². The third-order valence-electron chi connectivity index (χ3n) is 2.69. The van der Waals surface area contributed by atoms with Gasteiger partial charge in [0.2, 0.25) is 0 Å². The minimum atomic E-state index is 0.859. The van der Waals surface area contributed by atoms with Crippen LogP contribution in [0.25, 0.3) is 0 Å². The van der Waals surface area contributed by atoms with E-state index in [9.17, 15) is 0 Å². The lowest BCUT2D eigenvalue weighted by atomic mass is 10.4. The van der Waals surface area contributed by atoms with Gasteiger partial charge in [0.1, 0.15) is 0 Å². The molecule has 0 unspecified atom stereocenters. The molecule has 1 aromatic heterocycles. The molecule has 1 N–H and O–H groups in total. The van der Waals surface area contributed by atoms with E-state index in [4.69, 9.17) is 0 Å². The van der Waals surface area contributed by atoms with Crippen molar-refractivity contribution in [1.29, 1.82) is 0 Å². The van der Waals surface area contributed by atoms with Gasteiger partial charge in [-0.3, -0.25) is 4.68 Å². The van der Waals surface area contributed by atoms with E-state index in [1.165, 1.54) is 18.6 Å². The van der Waals surface area contributed by atoms with Crippen molar-refractivity contribution in [2.45, 2.75) is 32.9 Å². The van der Waals surface area contributed by atoms with E-state index in [1.807, 2.05) is 16.4 Å². The Labute approximate surface area is 101 Å². The molecule has 5 heteroatoms. The summed E-state index contributed by atoms with van der Waals surface area (Å²) in [5, 5.41) is 11.7. The van der Waals surface area contributed by atoms with Gasteiger partial charge in [-0.2, -0.15) is 11.8 Å². The number of nitrogens with zero attached hydrogens (tertiary/aromatic N) is 3. The summed E-state index contributed by atoms with van der Waals surface area (Å²) in [5.41, 5.74) is 1.06. The van der Waals surface area contributed by atoms with E-state index in [-0.39, 0.29) is 0 Å². The molecule has 0 atom stereocenters. The fourth-order valence-electron chi connectivity index (χ4n) is 1.56. The van der Waals surface area contributed by atoms with Crippen LogP contribution in [-0.4, -0.2) is 33.0 Å². The second kappa shape index (κ2) is 6.25. The second-order valence-electron chi connectivity index (χ2n) is 4.24. The number of hydrogen-bond acceptors (Lipinski definition) is 4.